The molecule has 0 atom stereocenters. The molecule has 0 aromatic heterocycles. The maximum absolute atomic E-state index is 12.8. The lowest BCUT2D eigenvalue weighted by Crippen LogP contribution is -2.25. The van der Waals surface area contributed by atoms with Gasteiger partial charge in [0.25, 0.3) is 15.9 Å². The van der Waals surface area contributed by atoms with Crippen molar-refractivity contribution in [2.75, 3.05) is 4.72 Å². The Balaban J connectivity index is 1.87. The second kappa shape index (κ2) is 6.52. The van der Waals surface area contributed by atoms with Crippen molar-refractivity contribution in [1.82, 2.24) is 5.32 Å². The van der Waals surface area contributed by atoms with Gasteiger partial charge in [-0.25, -0.2) is 8.42 Å². The number of carbonyl (C=O) groups excluding carboxylic acids is 1. The quantitative estimate of drug-likeness (QED) is 0.861. The topological polar surface area (TPSA) is 75.3 Å². The molecule has 0 aliphatic heterocycles. The Labute approximate surface area is 148 Å². The molecule has 132 valence electrons. The number of sulfonamides is 1. The molecule has 2 aromatic rings. The Kier molecular flexibility index (Phi) is 4.56. The Morgan fingerprint density at radius 2 is 1.68 bits per heavy atom. The monoisotopic (exact) mass is 358 g/mol. The van der Waals surface area contributed by atoms with Gasteiger partial charge in [-0.3, -0.25) is 9.52 Å². The van der Waals surface area contributed by atoms with Crippen molar-refractivity contribution in [2.45, 2.75) is 44.6 Å². The van der Waals surface area contributed by atoms with Gasteiger partial charge < -0.3 is 5.32 Å². The summed E-state index contributed by atoms with van der Waals surface area (Å²) in [5.41, 5.74) is 3.25. The van der Waals surface area contributed by atoms with Crippen LogP contribution in [0.2, 0.25) is 0 Å². The van der Waals surface area contributed by atoms with Crippen molar-refractivity contribution in [3.63, 3.8) is 0 Å². The van der Waals surface area contributed by atoms with E-state index < -0.39 is 10.0 Å². The molecule has 0 heterocycles. The van der Waals surface area contributed by atoms with Gasteiger partial charge >= 0.3 is 0 Å². The van der Waals surface area contributed by atoms with Crippen LogP contribution in [0.1, 0.15) is 39.9 Å². The Morgan fingerprint density at radius 3 is 2.28 bits per heavy atom. The van der Waals surface area contributed by atoms with Gasteiger partial charge in [-0.15, -0.1) is 0 Å². The molecule has 0 bridgehead atoms. The third kappa shape index (κ3) is 4.02. The van der Waals surface area contributed by atoms with E-state index >= 15 is 0 Å². The van der Waals surface area contributed by atoms with Gasteiger partial charge in [-0.05, 0) is 62.9 Å². The second-order valence-corrected chi connectivity index (χ2v) is 8.28. The number of amides is 1. The van der Waals surface area contributed by atoms with Gasteiger partial charge in [0.1, 0.15) is 0 Å². The maximum Gasteiger partial charge on any atom is 0.262 e. The minimum atomic E-state index is -3.73. The van der Waals surface area contributed by atoms with E-state index in [1.807, 2.05) is 19.1 Å². The Hall–Kier alpha value is -2.34. The van der Waals surface area contributed by atoms with Crippen LogP contribution >= 0.6 is 0 Å². The summed E-state index contributed by atoms with van der Waals surface area (Å²) in [7, 11) is -3.73. The third-order valence-electron chi connectivity index (χ3n) is 4.16. The lowest BCUT2D eigenvalue weighted by Gasteiger charge is -2.14. The highest BCUT2D eigenvalue weighted by Gasteiger charge is 2.24. The van der Waals surface area contributed by atoms with Crippen LogP contribution in [0, 0.1) is 20.8 Å². The van der Waals surface area contributed by atoms with E-state index in [4.69, 9.17) is 0 Å². The van der Waals surface area contributed by atoms with Crippen molar-refractivity contribution in [3.05, 3.63) is 58.7 Å². The first-order chi connectivity index (χ1) is 11.8. The predicted octanol–water partition coefficient (Wildman–Crippen LogP) is 3.30. The fourth-order valence-corrected chi connectivity index (χ4v) is 4.52. The number of aryl methyl sites for hydroxylation is 3. The maximum atomic E-state index is 12.8. The normalized spacial score (nSPS) is 14.2. The number of carbonyl (C=O) groups is 1. The third-order valence-corrected chi connectivity index (χ3v) is 5.85. The zero-order valence-electron chi connectivity index (χ0n) is 14.6. The standard InChI is InChI=1S/C19H22N2O3S/c1-12-9-13(2)18(14(3)10-12)25(23,24)21-17-6-4-5-15(11-17)19(22)20-16-7-8-16/h4-6,9-11,16,21H,7-8H2,1-3H3,(H,20,22). The number of benzene rings is 2. The average molecular weight is 358 g/mol. The number of hydrogen-bond acceptors (Lipinski definition) is 3. The fraction of sp³-hybridized carbons (Fsp3) is 0.316. The van der Waals surface area contributed by atoms with Crippen molar-refractivity contribution >= 4 is 21.6 Å². The van der Waals surface area contributed by atoms with E-state index in [9.17, 15) is 13.2 Å². The number of anilines is 1. The molecule has 0 spiro atoms. The number of hydrogen-bond donors (Lipinski definition) is 2. The summed E-state index contributed by atoms with van der Waals surface area (Å²) < 4.78 is 28.2. The zero-order chi connectivity index (χ0) is 18.2. The van der Waals surface area contributed by atoms with Crippen LogP contribution in [0.15, 0.2) is 41.3 Å². The van der Waals surface area contributed by atoms with Crippen LogP contribution in [-0.4, -0.2) is 20.4 Å². The molecule has 3 rings (SSSR count). The summed E-state index contributed by atoms with van der Waals surface area (Å²) in [6.07, 6.45) is 2.01. The first-order valence-corrected chi connectivity index (χ1v) is 9.76. The summed E-state index contributed by atoms with van der Waals surface area (Å²) in [6, 6.07) is 10.5. The average Bonchev–Trinajstić information content (AvgIpc) is 3.29. The first-order valence-electron chi connectivity index (χ1n) is 8.28. The van der Waals surface area contributed by atoms with Crippen molar-refractivity contribution in [3.8, 4) is 0 Å². The summed E-state index contributed by atoms with van der Waals surface area (Å²) >= 11 is 0. The number of nitrogens with one attached hydrogen (secondary N) is 2. The zero-order valence-corrected chi connectivity index (χ0v) is 15.4. The van der Waals surface area contributed by atoms with E-state index in [1.165, 1.54) is 0 Å². The van der Waals surface area contributed by atoms with E-state index in [1.54, 1.807) is 38.1 Å². The highest BCUT2D eigenvalue weighted by atomic mass is 32.2. The largest absolute Gasteiger partial charge is 0.349 e. The molecule has 6 heteroatoms. The highest BCUT2D eigenvalue weighted by molar-refractivity contribution is 7.92. The molecule has 25 heavy (non-hydrogen) atoms. The van der Waals surface area contributed by atoms with Crippen molar-refractivity contribution in [2.24, 2.45) is 0 Å². The molecule has 1 aliphatic carbocycles. The molecule has 0 radical (unpaired) electrons. The van der Waals surface area contributed by atoms with Crippen LogP contribution in [0.4, 0.5) is 5.69 Å². The van der Waals surface area contributed by atoms with Crippen LogP contribution in [0.25, 0.3) is 0 Å². The van der Waals surface area contributed by atoms with E-state index in [-0.39, 0.29) is 16.8 Å². The molecule has 2 N–H and O–H groups in total. The number of rotatable bonds is 5. The first kappa shape index (κ1) is 17.5. The predicted molar refractivity (Wildman–Crippen MR) is 98.4 cm³/mol. The van der Waals surface area contributed by atoms with Crippen molar-refractivity contribution in [1.29, 1.82) is 0 Å². The lowest BCUT2D eigenvalue weighted by atomic mass is 10.1. The molecule has 1 amide bonds. The van der Waals surface area contributed by atoms with Crippen LogP contribution < -0.4 is 10.0 Å². The summed E-state index contributed by atoms with van der Waals surface area (Å²) in [4.78, 5) is 12.4. The minimum Gasteiger partial charge on any atom is -0.349 e. The molecule has 0 saturated heterocycles. The van der Waals surface area contributed by atoms with Crippen LogP contribution in [0.5, 0.6) is 0 Å². The van der Waals surface area contributed by atoms with Gasteiger partial charge in [0.2, 0.25) is 0 Å². The molecule has 5 nitrogen and oxygen atoms in total. The Morgan fingerprint density at radius 1 is 1.04 bits per heavy atom. The molecular weight excluding hydrogens is 336 g/mol. The Bertz CT molecular complexity index is 908. The van der Waals surface area contributed by atoms with E-state index in [0.29, 0.717) is 22.4 Å². The molecule has 1 saturated carbocycles. The van der Waals surface area contributed by atoms with E-state index in [0.717, 1.165) is 18.4 Å². The second-order valence-electron chi connectivity index (χ2n) is 6.66. The van der Waals surface area contributed by atoms with Crippen molar-refractivity contribution < 1.29 is 13.2 Å². The summed E-state index contributed by atoms with van der Waals surface area (Å²) in [6.45, 7) is 5.51. The van der Waals surface area contributed by atoms with Gasteiger partial charge in [-0.1, -0.05) is 23.8 Å². The molecule has 1 aliphatic rings. The van der Waals surface area contributed by atoms with Crippen LogP contribution in [0.3, 0.4) is 0 Å². The van der Waals surface area contributed by atoms with Gasteiger partial charge in [0, 0.05) is 17.3 Å². The molecule has 2 aromatic carbocycles. The summed E-state index contributed by atoms with van der Waals surface area (Å²) in [5.74, 6) is -0.175. The SMILES string of the molecule is Cc1cc(C)c(S(=O)(=O)Nc2cccc(C(=O)NC3CC3)c2)c(C)c1. The van der Waals surface area contributed by atoms with E-state index in [2.05, 4.69) is 10.0 Å². The minimum absolute atomic E-state index is 0.175. The molecule has 0 unspecified atom stereocenters. The molecular formula is C19H22N2O3S. The highest BCUT2D eigenvalue weighted by Crippen LogP contribution is 2.25. The van der Waals surface area contributed by atoms with Gasteiger partial charge in [0.15, 0.2) is 0 Å². The fourth-order valence-electron chi connectivity index (χ4n) is 3.02. The molecule has 1 fully saturated rings. The smallest absolute Gasteiger partial charge is 0.262 e. The van der Waals surface area contributed by atoms with Gasteiger partial charge in [-0.2, -0.15) is 0 Å². The summed E-state index contributed by atoms with van der Waals surface area (Å²) in [5, 5.41) is 2.90. The van der Waals surface area contributed by atoms with Gasteiger partial charge in [0.05, 0.1) is 4.90 Å². The van der Waals surface area contributed by atoms with Crippen LogP contribution in [-0.2, 0) is 10.0 Å². The lowest BCUT2D eigenvalue weighted by molar-refractivity contribution is 0.0951.